The Kier molecular flexibility index (Phi) is 15.6. The maximum Gasteiger partial charge on any atom is 0.0540 e. The molecule has 0 rings (SSSR count). The predicted octanol–water partition coefficient (Wildman–Crippen LogP) is 5.90. The quantitative estimate of drug-likeness (QED) is 0.330. The monoisotopic (exact) mass is 288 g/mol. The fourth-order valence-electron chi connectivity index (χ4n) is 2.05. The highest BCUT2D eigenvalue weighted by molar-refractivity contribution is 5.17. The van der Waals surface area contributed by atoms with Crippen LogP contribution in [0, 0.1) is 0 Å². The first-order valence-corrected chi connectivity index (χ1v) is 8.26. The largest absolute Gasteiger partial charge is 0.393 e. The van der Waals surface area contributed by atoms with E-state index in [4.69, 9.17) is 0 Å². The third-order valence-electron chi connectivity index (χ3n) is 3.22. The van der Waals surface area contributed by atoms with Crippen LogP contribution in [0.3, 0.4) is 0 Å². The maximum atomic E-state index is 9.61. The van der Waals surface area contributed by atoms with Gasteiger partial charge in [0.1, 0.15) is 0 Å². The van der Waals surface area contributed by atoms with Crippen LogP contribution in [0.15, 0.2) is 61.3 Å². The van der Waals surface area contributed by atoms with Crippen molar-refractivity contribution in [1.82, 2.24) is 0 Å². The van der Waals surface area contributed by atoms with Crippen LogP contribution in [0.5, 0.6) is 0 Å². The van der Waals surface area contributed by atoms with Gasteiger partial charge < -0.3 is 5.11 Å². The first kappa shape index (κ1) is 19.7. The van der Waals surface area contributed by atoms with Crippen LogP contribution in [-0.4, -0.2) is 11.2 Å². The van der Waals surface area contributed by atoms with Crippen molar-refractivity contribution in [2.24, 2.45) is 0 Å². The lowest BCUT2D eigenvalue weighted by Crippen LogP contribution is -2.04. The molecule has 1 unspecified atom stereocenters. The third kappa shape index (κ3) is 16.6. The van der Waals surface area contributed by atoms with Crippen LogP contribution in [-0.2, 0) is 0 Å². The molecule has 0 aliphatic carbocycles. The summed E-state index contributed by atoms with van der Waals surface area (Å²) in [7, 11) is 0. The highest BCUT2D eigenvalue weighted by Gasteiger charge is 2.01. The fraction of sp³-hybridized carbons (Fsp3) is 0.500. The van der Waals surface area contributed by atoms with Crippen molar-refractivity contribution in [2.45, 2.75) is 64.4 Å². The molecule has 0 bridgehead atoms. The van der Waals surface area contributed by atoms with Crippen molar-refractivity contribution >= 4 is 0 Å². The van der Waals surface area contributed by atoms with E-state index < -0.39 is 0 Å². The van der Waals surface area contributed by atoms with Crippen molar-refractivity contribution in [1.29, 1.82) is 0 Å². The lowest BCUT2D eigenvalue weighted by atomic mass is 10.1. The molecule has 118 valence electrons. The van der Waals surface area contributed by atoms with Crippen LogP contribution in [0.4, 0.5) is 0 Å². The standard InChI is InChI=1S/C20H32O/c1-3-5-6-7-8-9-10-11-12-13-14-15-16-17-19-20(21)18-4-2/h3,5-12,20-21H,1,4,13-19H2,2H3. The highest BCUT2D eigenvalue weighted by Crippen LogP contribution is 2.10. The summed E-state index contributed by atoms with van der Waals surface area (Å²) in [6, 6.07) is 0. The topological polar surface area (TPSA) is 20.2 Å². The summed E-state index contributed by atoms with van der Waals surface area (Å²) < 4.78 is 0. The molecular formula is C20H32O. The normalized spacial score (nSPS) is 14.0. The SMILES string of the molecule is C=CC=CC=CC=CC=CCCCCCCC(O)CCC. The van der Waals surface area contributed by atoms with Gasteiger partial charge in [0.2, 0.25) is 0 Å². The first-order valence-electron chi connectivity index (χ1n) is 8.26. The molecule has 21 heavy (non-hydrogen) atoms. The van der Waals surface area contributed by atoms with Gasteiger partial charge in [0.05, 0.1) is 6.10 Å². The fourth-order valence-corrected chi connectivity index (χ4v) is 2.05. The van der Waals surface area contributed by atoms with Gasteiger partial charge in [-0.2, -0.15) is 0 Å². The molecule has 0 radical (unpaired) electrons. The predicted molar refractivity (Wildman–Crippen MR) is 95.4 cm³/mol. The molecule has 1 atom stereocenters. The molecule has 0 aliphatic heterocycles. The molecule has 0 heterocycles. The van der Waals surface area contributed by atoms with E-state index in [2.05, 4.69) is 31.7 Å². The second-order valence-corrected chi connectivity index (χ2v) is 5.25. The number of allylic oxidation sites excluding steroid dienone is 9. The Balaban J connectivity index is 3.40. The van der Waals surface area contributed by atoms with Crippen molar-refractivity contribution in [2.75, 3.05) is 0 Å². The highest BCUT2D eigenvalue weighted by atomic mass is 16.3. The van der Waals surface area contributed by atoms with Crippen LogP contribution in [0.1, 0.15) is 58.3 Å². The van der Waals surface area contributed by atoms with E-state index in [0.29, 0.717) is 0 Å². The molecule has 0 saturated heterocycles. The summed E-state index contributed by atoms with van der Waals surface area (Å²) in [4.78, 5) is 0. The summed E-state index contributed by atoms with van der Waals surface area (Å²) in [5.74, 6) is 0. The van der Waals surface area contributed by atoms with Gasteiger partial charge in [-0.25, -0.2) is 0 Å². The number of aliphatic hydroxyl groups excluding tert-OH is 1. The zero-order valence-electron chi connectivity index (χ0n) is 13.6. The summed E-state index contributed by atoms with van der Waals surface area (Å²) >= 11 is 0. The van der Waals surface area contributed by atoms with Gasteiger partial charge in [0.25, 0.3) is 0 Å². The lowest BCUT2D eigenvalue weighted by Gasteiger charge is -2.07. The molecule has 0 aromatic heterocycles. The van der Waals surface area contributed by atoms with Gasteiger partial charge in [-0.1, -0.05) is 93.9 Å². The summed E-state index contributed by atoms with van der Waals surface area (Å²) in [5.41, 5.74) is 0. The van der Waals surface area contributed by atoms with Crippen LogP contribution < -0.4 is 0 Å². The number of rotatable bonds is 13. The number of hydrogen-bond donors (Lipinski definition) is 1. The van der Waals surface area contributed by atoms with Crippen molar-refractivity contribution in [3.05, 3.63) is 61.3 Å². The van der Waals surface area contributed by atoms with E-state index >= 15 is 0 Å². The van der Waals surface area contributed by atoms with Crippen molar-refractivity contribution in [3.8, 4) is 0 Å². The minimum atomic E-state index is -0.0746. The molecule has 0 amide bonds. The minimum Gasteiger partial charge on any atom is -0.393 e. The van der Waals surface area contributed by atoms with E-state index in [0.717, 1.165) is 32.1 Å². The Bertz CT molecular complexity index is 334. The molecule has 1 N–H and O–H groups in total. The van der Waals surface area contributed by atoms with Gasteiger partial charge in [-0.05, 0) is 25.7 Å². The Hall–Kier alpha value is -1.34. The number of hydrogen-bond acceptors (Lipinski definition) is 1. The molecule has 0 spiro atoms. The summed E-state index contributed by atoms with van der Waals surface area (Å²) in [6.45, 7) is 5.73. The maximum absolute atomic E-state index is 9.61. The third-order valence-corrected chi connectivity index (χ3v) is 3.22. The summed E-state index contributed by atoms with van der Waals surface area (Å²) in [5, 5.41) is 9.61. The van der Waals surface area contributed by atoms with Crippen molar-refractivity contribution < 1.29 is 5.11 Å². The van der Waals surface area contributed by atoms with Crippen molar-refractivity contribution in [3.63, 3.8) is 0 Å². The van der Waals surface area contributed by atoms with E-state index in [1.54, 1.807) is 6.08 Å². The number of aliphatic hydroxyl groups is 1. The summed E-state index contributed by atoms with van der Waals surface area (Å²) in [6.07, 6.45) is 27.0. The molecular weight excluding hydrogens is 256 g/mol. The molecule has 0 aromatic carbocycles. The van der Waals surface area contributed by atoms with E-state index in [1.807, 2.05) is 30.4 Å². The van der Waals surface area contributed by atoms with E-state index in [-0.39, 0.29) is 6.10 Å². The zero-order valence-corrected chi connectivity index (χ0v) is 13.6. The second-order valence-electron chi connectivity index (χ2n) is 5.25. The first-order chi connectivity index (χ1) is 10.3. The van der Waals surface area contributed by atoms with Crippen LogP contribution in [0.25, 0.3) is 0 Å². The smallest absolute Gasteiger partial charge is 0.0540 e. The molecule has 0 aromatic rings. The van der Waals surface area contributed by atoms with Gasteiger partial charge >= 0.3 is 0 Å². The Morgan fingerprint density at radius 1 is 0.810 bits per heavy atom. The van der Waals surface area contributed by atoms with Crippen LogP contribution >= 0.6 is 0 Å². The lowest BCUT2D eigenvalue weighted by molar-refractivity contribution is 0.150. The van der Waals surface area contributed by atoms with Crippen LogP contribution in [0.2, 0.25) is 0 Å². The second kappa shape index (κ2) is 16.7. The zero-order chi connectivity index (χ0) is 15.6. The number of unbranched alkanes of at least 4 members (excludes halogenated alkanes) is 4. The van der Waals surface area contributed by atoms with E-state index in [1.165, 1.54) is 19.3 Å². The van der Waals surface area contributed by atoms with Gasteiger partial charge in [0, 0.05) is 0 Å². The molecule has 0 aliphatic rings. The molecule has 1 heteroatoms. The van der Waals surface area contributed by atoms with E-state index in [9.17, 15) is 5.11 Å². The Morgan fingerprint density at radius 2 is 1.43 bits per heavy atom. The Labute approximate surface area is 131 Å². The van der Waals surface area contributed by atoms with Gasteiger partial charge in [0.15, 0.2) is 0 Å². The molecule has 0 fully saturated rings. The molecule has 0 saturated carbocycles. The van der Waals surface area contributed by atoms with Gasteiger partial charge in [-0.15, -0.1) is 0 Å². The average Bonchev–Trinajstić information content (AvgIpc) is 2.48. The Morgan fingerprint density at radius 3 is 2.10 bits per heavy atom. The van der Waals surface area contributed by atoms with Gasteiger partial charge in [-0.3, -0.25) is 0 Å². The molecule has 1 nitrogen and oxygen atoms in total. The average molecular weight is 288 g/mol. The minimum absolute atomic E-state index is 0.0746.